The molecule has 2 nitrogen and oxygen atoms in total. The first-order valence-electron chi connectivity index (χ1n) is 6.28. The maximum atomic E-state index is 6.02. The highest BCUT2D eigenvalue weighted by Crippen LogP contribution is 2.25. The molecule has 2 aromatic rings. The van der Waals surface area contributed by atoms with E-state index in [1.165, 1.54) is 16.8 Å². The van der Waals surface area contributed by atoms with Gasteiger partial charge in [0.15, 0.2) is 0 Å². The van der Waals surface area contributed by atoms with Gasteiger partial charge in [0, 0.05) is 25.3 Å². The number of rotatable bonds is 4. The standard InChI is InChI=1S/C16H20N2/c1-13(17)15-10-6-7-11-16(15)18(2)12-14-8-4-3-5-9-14/h3-11,13H,12,17H2,1-2H3. The first-order valence-corrected chi connectivity index (χ1v) is 6.28. The molecule has 2 N–H and O–H groups in total. The summed E-state index contributed by atoms with van der Waals surface area (Å²) in [5, 5.41) is 0. The van der Waals surface area contributed by atoms with Crippen molar-refractivity contribution < 1.29 is 0 Å². The summed E-state index contributed by atoms with van der Waals surface area (Å²) >= 11 is 0. The van der Waals surface area contributed by atoms with Crippen LogP contribution in [0.5, 0.6) is 0 Å². The summed E-state index contributed by atoms with van der Waals surface area (Å²) < 4.78 is 0. The highest BCUT2D eigenvalue weighted by Gasteiger charge is 2.10. The number of hydrogen-bond donors (Lipinski definition) is 1. The predicted molar refractivity (Wildman–Crippen MR) is 77.6 cm³/mol. The molecule has 0 saturated heterocycles. The lowest BCUT2D eigenvalue weighted by Gasteiger charge is -2.24. The van der Waals surface area contributed by atoms with Crippen LogP contribution >= 0.6 is 0 Å². The Hall–Kier alpha value is -1.80. The van der Waals surface area contributed by atoms with Crippen LogP contribution < -0.4 is 10.6 Å². The van der Waals surface area contributed by atoms with Gasteiger partial charge in [0.1, 0.15) is 0 Å². The molecule has 0 heterocycles. The molecule has 1 atom stereocenters. The van der Waals surface area contributed by atoms with E-state index in [4.69, 9.17) is 5.73 Å². The summed E-state index contributed by atoms with van der Waals surface area (Å²) in [5.74, 6) is 0. The van der Waals surface area contributed by atoms with E-state index in [1.807, 2.05) is 19.1 Å². The maximum absolute atomic E-state index is 6.02. The van der Waals surface area contributed by atoms with Crippen LogP contribution in [0.3, 0.4) is 0 Å². The van der Waals surface area contributed by atoms with Crippen molar-refractivity contribution in [2.45, 2.75) is 19.5 Å². The highest BCUT2D eigenvalue weighted by atomic mass is 15.1. The summed E-state index contributed by atoms with van der Waals surface area (Å²) in [5.41, 5.74) is 9.72. The van der Waals surface area contributed by atoms with Crippen LogP contribution in [-0.4, -0.2) is 7.05 Å². The molecule has 2 rings (SSSR count). The van der Waals surface area contributed by atoms with Crippen molar-refractivity contribution in [3.63, 3.8) is 0 Å². The molecule has 0 fully saturated rings. The van der Waals surface area contributed by atoms with Crippen LogP contribution in [0.2, 0.25) is 0 Å². The van der Waals surface area contributed by atoms with Gasteiger partial charge in [-0.25, -0.2) is 0 Å². The highest BCUT2D eigenvalue weighted by molar-refractivity contribution is 5.54. The number of anilines is 1. The summed E-state index contributed by atoms with van der Waals surface area (Å²) in [7, 11) is 2.11. The zero-order valence-electron chi connectivity index (χ0n) is 11.0. The number of hydrogen-bond acceptors (Lipinski definition) is 2. The summed E-state index contributed by atoms with van der Waals surface area (Å²) in [6, 6.07) is 18.8. The van der Waals surface area contributed by atoms with Gasteiger partial charge in [-0.3, -0.25) is 0 Å². The Balaban J connectivity index is 2.21. The average Bonchev–Trinajstić information content (AvgIpc) is 2.40. The third-order valence-electron chi connectivity index (χ3n) is 3.10. The Labute approximate surface area is 109 Å². The smallest absolute Gasteiger partial charge is 0.0426 e. The molecule has 0 saturated carbocycles. The third-order valence-corrected chi connectivity index (χ3v) is 3.10. The molecular formula is C16H20N2. The molecule has 2 aromatic carbocycles. The van der Waals surface area contributed by atoms with Crippen molar-refractivity contribution >= 4 is 5.69 Å². The molecule has 0 spiro atoms. The first kappa shape index (κ1) is 12.7. The molecule has 2 heteroatoms. The lowest BCUT2D eigenvalue weighted by Crippen LogP contribution is -2.20. The van der Waals surface area contributed by atoms with Gasteiger partial charge < -0.3 is 10.6 Å². The molecule has 0 bridgehead atoms. The largest absolute Gasteiger partial charge is 0.370 e. The number of nitrogens with zero attached hydrogens (tertiary/aromatic N) is 1. The van der Waals surface area contributed by atoms with Crippen molar-refractivity contribution in [1.82, 2.24) is 0 Å². The van der Waals surface area contributed by atoms with Gasteiger partial charge in [0.05, 0.1) is 0 Å². The zero-order valence-corrected chi connectivity index (χ0v) is 11.0. The van der Waals surface area contributed by atoms with Crippen molar-refractivity contribution in [3.8, 4) is 0 Å². The summed E-state index contributed by atoms with van der Waals surface area (Å²) in [6.07, 6.45) is 0. The minimum absolute atomic E-state index is 0.0550. The Morgan fingerprint density at radius 3 is 2.28 bits per heavy atom. The second-order valence-corrected chi connectivity index (χ2v) is 4.69. The number of nitrogens with two attached hydrogens (primary N) is 1. The van der Waals surface area contributed by atoms with E-state index in [1.54, 1.807) is 0 Å². The topological polar surface area (TPSA) is 29.3 Å². The Morgan fingerprint density at radius 2 is 1.61 bits per heavy atom. The molecule has 0 aromatic heterocycles. The zero-order chi connectivity index (χ0) is 13.0. The quantitative estimate of drug-likeness (QED) is 0.888. The molecule has 0 radical (unpaired) electrons. The Bertz CT molecular complexity index is 491. The minimum atomic E-state index is 0.0550. The van der Waals surface area contributed by atoms with Crippen molar-refractivity contribution in [1.29, 1.82) is 0 Å². The van der Waals surface area contributed by atoms with Crippen molar-refractivity contribution in [3.05, 3.63) is 65.7 Å². The molecular weight excluding hydrogens is 220 g/mol. The lowest BCUT2D eigenvalue weighted by atomic mass is 10.1. The van der Waals surface area contributed by atoms with Crippen LogP contribution in [0.25, 0.3) is 0 Å². The van der Waals surface area contributed by atoms with Crippen LogP contribution in [-0.2, 0) is 6.54 Å². The van der Waals surface area contributed by atoms with E-state index in [2.05, 4.69) is 54.4 Å². The normalized spacial score (nSPS) is 12.2. The summed E-state index contributed by atoms with van der Waals surface area (Å²) in [4.78, 5) is 2.24. The predicted octanol–water partition coefficient (Wildman–Crippen LogP) is 3.34. The van der Waals surface area contributed by atoms with E-state index < -0.39 is 0 Å². The molecule has 18 heavy (non-hydrogen) atoms. The van der Waals surface area contributed by atoms with Crippen LogP contribution in [0.1, 0.15) is 24.1 Å². The monoisotopic (exact) mass is 240 g/mol. The van der Waals surface area contributed by atoms with Gasteiger partial charge in [-0.2, -0.15) is 0 Å². The molecule has 0 aliphatic rings. The fourth-order valence-corrected chi connectivity index (χ4v) is 2.16. The van der Waals surface area contributed by atoms with Crippen LogP contribution in [0, 0.1) is 0 Å². The Kier molecular flexibility index (Phi) is 4.00. The van der Waals surface area contributed by atoms with E-state index in [-0.39, 0.29) is 6.04 Å². The average molecular weight is 240 g/mol. The molecule has 0 aliphatic heterocycles. The van der Waals surface area contributed by atoms with Gasteiger partial charge in [-0.1, -0.05) is 48.5 Å². The molecule has 1 unspecified atom stereocenters. The van der Waals surface area contributed by atoms with Gasteiger partial charge in [0.2, 0.25) is 0 Å². The second-order valence-electron chi connectivity index (χ2n) is 4.69. The molecule has 0 amide bonds. The SMILES string of the molecule is CC(N)c1ccccc1N(C)Cc1ccccc1. The van der Waals surface area contributed by atoms with Crippen molar-refractivity contribution in [2.24, 2.45) is 5.73 Å². The van der Waals surface area contributed by atoms with Gasteiger partial charge >= 0.3 is 0 Å². The second kappa shape index (κ2) is 5.69. The minimum Gasteiger partial charge on any atom is -0.370 e. The van der Waals surface area contributed by atoms with E-state index >= 15 is 0 Å². The van der Waals surface area contributed by atoms with Gasteiger partial charge in [0.25, 0.3) is 0 Å². The van der Waals surface area contributed by atoms with Crippen molar-refractivity contribution in [2.75, 3.05) is 11.9 Å². The fraction of sp³-hybridized carbons (Fsp3) is 0.250. The maximum Gasteiger partial charge on any atom is 0.0426 e. The summed E-state index contributed by atoms with van der Waals surface area (Å²) in [6.45, 7) is 2.92. The Morgan fingerprint density at radius 1 is 1.00 bits per heavy atom. The van der Waals surface area contributed by atoms with Gasteiger partial charge in [-0.05, 0) is 24.1 Å². The van der Waals surface area contributed by atoms with Crippen LogP contribution in [0.4, 0.5) is 5.69 Å². The van der Waals surface area contributed by atoms with E-state index in [0.717, 1.165) is 6.54 Å². The number of para-hydroxylation sites is 1. The van der Waals surface area contributed by atoms with Crippen LogP contribution in [0.15, 0.2) is 54.6 Å². The molecule has 94 valence electrons. The first-order chi connectivity index (χ1) is 8.68. The molecule has 0 aliphatic carbocycles. The van der Waals surface area contributed by atoms with Gasteiger partial charge in [-0.15, -0.1) is 0 Å². The van der Waals surface area contributed by atoms with E-state index in [0.29, 0.717) is 0 Å². The fourth-order valence-electron chi connectivity index (χ4n) is 2.16. The lowest BCUT2D eigenvalue weighted by molar-refractivity contribution is 0.801. The third kappa shape index (κ3) is 2.90. The number of benzene rings is 2. The van der Waals surface area contributed by atoms with E-state index in [9.17, 15) is 0 Å².